The molecule has 1 aliphatic carbocycles. The third kappa shape index (κ3) is 6.66. The second-order valence-electron chi connectivity index (χ2n) is 5.51. The Morgan fingerprint density at radius 3 is 2.61 bits per heavy atom. The fourth-order valence-corrected chi connectivity index (χ4v) is 2.34. The number of hydrogen-bond donors (Lipinski definition) is 1. The van der Waals surface area contributed by atoms with Crippen molar-refractivity contribution in [3.05, 3.63) is 0 Å². The monoisotopic (exact) mass is 328 g/mol. The van der Waals surface area contributed by atoms with Crippen molar-refractivity contribution in [2.45, 2.75) is 58.3 Å². The zero-order valence-electron chi connectivity index (χ0n) is 13.8. The molecule has 0 spiro atoms. The van der Waals surface area contributed by atoms with E-state index < -0.39 is 24.4 Å². The number of ketones is 1. The molecule has 1 saturated carbocycles. The number of Topliss-reactive ketones (excluding diaryl/α,β-unsaturated/α-hetero) is 1. The summed E-state index contributed by atoms with van der Waals surface area (Å²) < 4.78 is 9.94. The third-order valence-electron chi connectivity index (χ3n) is 3.55. The van der Waals surface area contributed by atoms with Gasteiger partial charge in [0.25, 0.3) is 0 Å². The van der Waals surface area contributed by atoms with Crippen LogP contribution in [0.5, 0.6) is 0 Å². The maximum Gasteiger partial charge on any atom is 0.413 e. The summed E-state index contributed by atoms with van der Waals surface area (Å²) in [4.78, 5) is 47.2. The number of nitrogens with one attached hydrogen (secondary N) is 1. The average molecular weight is 328 g/mol. The molecular weight excluding hydrogens is 304 g/mol. The normalized spacial score (nSPS) is 18.7. The predicted octanol–water partition coefficient (Wildman–Crippen LogP) is 0.982. The average Bonchev–Trinajstić information content (AvgIpc) is 2.46. The van der Waals surface area contributed by atoms with E-state index in [0.29, 0.717) is 12.8 Å². The Kier molecular flexibility index (Phi) is 7.50. The first-order valence-corrected chi connectivity index (χ1v) is 7.71. The molecule has 1 aliphatic rings. The molecule has 0 radical (unpaired) electrons. The molecule has 1 fully saturated rings. The van der Waals surface area contributed by atoms with Gasteiger partial charge in [0.2, 0.25) is 12.2 Å². The molecule has 8 nitrogen and oxygen atoms in total. The summed E-state index contributed by atoms with van der Waals surface area (Å²) in [5.74, 6) is -0.804. The summed E-state index contributed by atoms with van der Waals surface area (Å²) in [6.07, 6.45) is 1.05. The van der Waals surface area contributed by atoms with Crippen LogP contribution in [0.15, 0.2) is 0 Å². The molecule has 23 heavy (non-hydrogen) atoms. The summed E-state index contributed by atoms with van der Waals surface area (Å²) in [5.41, 5.74) is 0. The van der Waals surface area contributed by atoms with Gasteiger partial charge < -0.3 is 19.7 Å². The Morgan fingerprint density at radius 2 is 2.00 bits per heavy atom. The summed E-state index contributed by atoms with van der Waals surface area (Å²) in [6.45, 7) is 2.92. The zero-order valence-corrected chi connectivity index (χ0v) is 13.8. The first-order valence-electron chi connectivity index (χ1n) is 7.71. The summed E-state index contributed by atoms with van der Waals surface area (Å²) in [5, 5.41) is 2.46. The minimum Gasteiger partial charge on any atom is -0.425 e. The van der Waals surface area contributed by atoms with Gasteiger partial charge in [-0.15, -0.1) is 0 Å². The van der Waals surface area contributed by atoms with Gasteiger partial charge in [-0.3, -0.25) is 14.4 Å². The Balaban J connectivity index is 2.36. The maximum absolute atomic E-state index is 12.0. The van der Waals surface area contributed by atoms with Crippen LogP contribution in [-0.4, -0.2) is 54.6 Å². The van der Waals surface area contributed by atoms with Crippen LogP contribution >= 0.6 is 0 Å². The first kappa shape index (κ1) is 18.9. The van der Waals surface area contributed by atoms with E-state index in [1.807, 2.05) is 0 Å². The quantitative estimate of drug-likeness (QED) is 0.576. The van der Waals surface area contributed by atoms with E-state index >= 15 is 0 Å². The lowest BCUT2D eigenvalue weighted by atomic mass is 9.93. The van der Waals surface area contributed by atoms with Crippen molar-refractivity contribution in [3.63, 3.8) is 0 Å². The predicted molar refractivity (Wildman–Crippen MR) is 80.4 cm³/mol. The molecular formula is C15H24N2O6. The second kappa shape index (κ2) is 9.12. The standard InChI is InChI=1S/C15H24N2O6/c1-10(18)16-9-8-14(20)22-11(2)23-15(21)17(3)12-6-4-5-7-13(12)19/h11-12H,4-9H2,1-3H3,(H,16,18). The first-order chi connectivity index (χ1) is 10.8. The van der Waals surface area contributed by atoms with Crippen molar-refractivity contribution in [1.29, 1.82) is 0 Å². The number of hydrogen-bond acceptors (Lipinski definition) is 6. The largest absolute Gasteiger partial charge is 0.425 e. The van der Waals surface area contributed by atoms with E-state index in [0.717, 1.165) is 12.8 Å². The van der Waals surface area contributed by atoms with Crippen LogP contribution in [0.3, 0.4) is 0 Å². The maximum atomic E-state index is 12.0. The van der Waals surface area contributed by atoms with E-state index in [1.54, 1.807) is 0 Å². The number of nitrogens with zero attached hydrogens (tertiary/aromatic N) is 1. The van der Waals surface area contributed by atoms with Gasteiger partial charge in [0.1, 0.15) is 0 Å². The van der Waals surface area contributed by atoms with Crippen molar-refractivity contribution in [2.24, 2.45) is 0 Å². The van der Waals surface area contributed by atoms with Crippen molar-refractivity contribution >= 4 is 23.8 Å². The number of amides is 2. The zero-order chi connectivity index (χ0) is 17.4. The fraction of sp³-hybridized carbons (Fsp3) is 0.733. The number of carbonyl (C=O) groups excluding carboxylic acids is 4. The molecule has 2 atom stereocenters. The molecule has 0 aromatic rings. The van der Waals surface area contributed by atoms with Gasteiger partial charge in [-0.1, -0.05) is 6.42 Å². The lowest BCUT2D eigenvalue weighted by Gasteiger charge is -2.30. The number of carbonyl (C=O) groups is 4. The van der Waals surface area contributed by atoms with Gasteiger partial charge in [0.05, 0.1) is 12.5 Å². The van der Waals surface area contributed by atoms with Crippen LogP contribution in [0.4, 0.5) is 4.79 Å². The van der Waals surface area contributed by atoms with Crippen molar-refractivity contribution in [1.82, 2.24) is 10.2 Å². The van der Waals surface area contributed by atoms with Crippen LogP contribution in [0.25, 0.3) is 0 Å². The van der Waals surface area contributed by atoms with Crippen molar-refractivity contribution in [3.8, 4) is 0 Å². The molecule has 0 aliphatic heterocycles. The van der Waals surface area contributed by atoms with Gasteiger partial charge in [-0.05, 0) is 12.8 Å². The van der Waals surface area contributed by atoms with E-state index in [9.17, 15) is 19.2 Å². The molecule has 0 saturated heterocycles. The molecule has 2 amide bonds. The third-order valence-corrected chi connectivity index (χ3v) is 3.55. The van der Waals surface area contributed by atoms with Crippen LogP contribution in [0.2, 0.25) is 0 Å². The van der Waals surface area contributed by atoms with Crippen LogP contribution in [-0.2, 0) is 23.9 Å². The smallest absolute Gasteiger partial charge is 0.413 e. The highest BCUT2D eigenvalue weighted by molar-refractivity contribution is 5.87. The number of likely N-dealkylation sites (N-methyl/N-ethyl adjacent to an activating group) is 1. The Morgan fingerprint density at radius 1 is 1.30 bits per heavy atom. The number of esters is 1. The Hall–Kier alpha value is -2.12. The van der Waals surface area contributed by atoms with Gasteiger partial charge in [0.15, 0.2) is 5.78 Å². The van der Waals surface area contributed by atoms with Gasteiger partial charge in [-0.25, -0.2) is 4.79 Å². The van der Waals surface area contributed by atoms with E-state index in [1.165, 1.54) is 25.8 Å². The summed E-state index contributed by atoms with van der Waals surface area (Å²) >= 11 is 0. The second-order valence-corrected chi connectivity index (χ2v) is 5.51. The summed E-state index contributed by atoms with van der Waals surface area (Å²) in [7, 11) is 1.50. The Bertz CT molecular complexity index is 465. The number of rotatable bonds is 6. The topological polar surface area (TPSA) is 102 Å². The van der Waals surface area contributed by atoms with Crippen LogP contribution in [0.1, 0.15) is 46.0 Å². The molecule has 2 unspecified atom stereocenters. The SMILES string of the molecule is CC(=O)NCCC(=O)OC(C)OC(=O)N(C)C1CCCCC1=O. The molecule has 130 valence electrons. The highest BCUT2D eigenvalue weighted by atomic mass is 16.7. The van der Waals surface area contributed by atoms with Gasteiger partial charge in [-0.2, -0.15) is 0 Å². The minimum atomic E-state index is -1.06. The molecule has 0 aromatic heterocycles. The fourth-order valence-electron chi connectivity index (χ4n) is 2.34. The highest BCUT2D eigenvalue weighted by Gasteiger charge is 2.30. The molecule has 0 bridgehead atoms. The molecule has 0 heterocycles. The minimum absolute atomic E-state index is 0.0155. The van der Waals surface area contributed by atoms with Crippen molar-refractivity contribution in [2.75, 3.05) is 13.6 Å². The molecule has 0 aromatic carbocycles. The molecule has 1 rings (SSSR count). The molecule has 8 heteroatoms. The van der Waals surface area contributed by atoms with Crippen LogP contribution in [0, 0.1) is 0 Å². The summed E-state index contributed by atoms with van der Waals surface area (Å²) in [6, 6.07) is -0.473. The highest BCUT2D eigenvalue weighted by Crippen LogP contribution is 2.19. The van der Waals surface area contributed by atoms with E-state index in [4.69, 9.17) is 9.47 Å². The van der Waals surface area contributed by atoms with Crippen LogP contribution < -0.4 is 5.32 Å². The molecule has 1 N–H and O–H groups in total. The van der Waals surface area contributed by atoms with E-state index in [2.05, 4.69) is 5.32 Å². The van der Waals surface area contributed by atoms with Gasteiger partial charge in [0, 0.05) is 33.9 Å². The number of ether oxygens (including phenoxy) is 2. The van der Waals surface area contributed by atoms with Gasteiger partial charge >= 0.3 is 12.1 Å². The van der Waals surface area contributed by atoms with E-state index in [-0.39, 0.29) is 24.7 Å². The lowest BCUT2D eigenvalue weighted by molar-refractivity contribution is -0.166. The lowest BCUT2D eigenvalue weighted by Crippen LogP contribution is -2.45. The Labute approximate surface area is 135 Å². The van der Waals surface area contributed by atoms with Crippen molar-refractivity contribution < 1.29 is 28.7 Å².